The molecule has 144 valence electrons. The summed E-state index contributed by atoms with van der Waals surface area (Å²) in [4.78, 5) is 12.9. The molecule has 1 aliphatic carbocycles. The molecule has 3 nitrogen and oxygen atoms in total. The SMILES string of the molecule is O=C(Nc1cc(C(F)(F)F)ccc1Cl)[C@@H](NC1CCCC1)c1ccccc1. The minimum Gasteiger partial charge on any atom is -0.323 e. The van der Waals surface area contributed by atoms with Crippen LogP contribution in [-0.2, 0) is 11.0 Å². The van der Waals surface area contributed by atoms with E-state index in [4.69, 9.17) is 11.6 Å². The van der Waals surface area contributed by atoms with E-state index in [2.05, 4.69) is 10.6 Å². The smallest absolute Gasteiger partial charge is 0.323 e. The minimum atomic E-state index is -4.51. The zero-order chi connectivity index (χ0) is 19.4. The molecule has 0 radical (unpaired) electrons. The zero-order valence-corrected chi connectivity index (χ0v) is 15.3. The van der Waals surface area contributed by atoms with E-state index >= 15 is 0 Å². The Labute approximate surface area is 160 Å². The van der Waals surface area contributed by atoms with Crippen LogP contribution in [0.2, 0.25) is 5.02 Å². The largest absolute Gasteiger partial charge is 0.416 e. The average molecular weight is 397 g/mol. The van der Waals surface area contributed by atoms with Gasteiger partial charge in [0.15, 0.2) is 0 Å². The summed E-state index contributed by atoms with van der Waals surface area (Å²) in [5, 5.41) is 5.96. The number of carbonyl (C=O) groups excluding carboxylic acids is 1. The van der Waals surface area contributed by atoms with Gasteiger partial charge in [0, 0.05) is 6.04 Å². The van der Waals surface area contributed by atoms with E-state index in [-0.39, 0.29) is 16.8 Å². The van der Waals surface area contributed by atoms with Gasteiger partial charge >= 0.3 is 6.18 Å². The molecule has 1 saturated carbocycles. The standard InChI is InChI=1S/C20H20ClF3N2O/c21-16-11-10-14(20(22,23)24)12-17(16)26-19(27)18(13-6-2-1-3-7-13)25-15-8-4-5-9-15/h1-3,6-7,10-12,15,18,25H,4-5,8-9H2,(H,26,27)/t18-/m0/s1. The summed E-state index contributed by atoms with van der Waals surface area (Å²) in [6.45, 7) is 0. The monoisotopic (exact) mass is 396 g/mol. The van der Waals surface area contributed by atoms with Gasteiger partial charge in [-0.1, -0.05) is 54.8 Å². The summed E-state index contributed by atoms with van der Waals surface area (Å²) in [6, 6.07) is 11.6. The van der Waals surface area contributed by atoms with Crippen molar-refractivity contribution in [1.29, 1.82) is 0 Å². The highest BCUT2D eigenvalue weighted by Crippen LogP contribution is 2.34. The van der Waals surface area contributed by atoms with Gasteiger partial charge in [0.1, 0.15) is 6.04 Å². The van der Waals surface area contributed by atoms with Crippen LogP contribution in [0.25, 0.3) is 0 Å². The Morgan fingerprint density at radius 2 is 1.74 bits per heavy atom. The molecular formula is C20H20ClF3N2O. The fraction of sp³-hybridized carbons (Fsp3) is 0.350. The number of amides is 1. The lowest BCUT2D eigenvalue weighted by Gasteiger charge is -2.23. The second-order valence-electron chi connectivity index (χ2n) is 6.67. The van der Waals surface area contributed by atoms with Crippen molar-refractivity contribution in [3.63, 3.8) is 0 Å². The lowest BCUT2D eigenvalue weighted by Crippen LogP contribution is -2.38. The molecule has 1 fully saturated rings. The minimum absolute atomic E-state index is 0.0503. The number of carbonyl (C=O) groups is 1. The van der Waals surface area contributed by atoms with Crippen molar-refractivity contribution in [2.75, 3.05) is 5.32 Å². The summed E-state index contributed by atoms with van der Waals surface area (Å²) in [7, 11) is 0. The molecule has 1 atom stereocenters. The molecule has 2 N–H and O–H groups in total. The maximum Gasteiger partial charge on any atom is 0.416 e. The third-order valence-electron chi connectivity index (χ3n) is 4.70. The van der Waals surface area contributed by atoms with E-state index in [1.807, 2.05) is 30.3 Å². The van der Waals surface area contributed by atoms with E-state index in [1.165, 1.54) is 0 Å². The van der Waals surface area contributed by atoms with Crippen molar-refractivity contribution in [3.8, 4) is 0 Å². The highest BCUT2D eigenvalue weighted by Gasteiger charge is 2.32. The van der Waals surface area contributed by atoms with Crippen LogP contribution in [0.3, 0.4) is 0 Å². The molecule has 2 aromatic rings. The molecule has 0 aromatic heterocycles. The number of hydrogen-bond donors (Lipinski definition) is 2. The number of rotatable bonds is 5. The molecule has 1 aliphatic rings. The first-order chi connectivity index (χ1) is 12.8. The second kappa shape index (κ2) is 8.31. The van der Waals surface area contributed by atoms with Gasteiger partial charge in [-0.15, -0.1) is 0 Å². The van der Waals surface area contributed by atoms with Crippen LogP contribution in [0, 0.1) is 0 Å². The predicted molar refractivity (Wildman–Crippen MR) is 99.7 cm³/mol. The molecule has 0 unspecified atom stereocenters. The van der Waals surface area contributed by atoms with Crippen molar-refractivity contribution in [2.24, 2.45) is 0 Å². The van der Waals surface area contributed by atoms with Gasteiger partial charge in [0.05, 0.1) is 16.3 Å². The molecule has 1 amide bonds. The van der Waals surface area contributed by atoms with Gasteiger partial charge in [-0.3, -0.25) is 10.1 Å². The first-order valence-electron chi connectivity index (χ1n) is 8.83. The number of benzene rings is 2. The molecule has 0 heterocycles. The molecule has 0 spiro atoms. The molecule has 0 aliphatic heterocycles. The number of hydrogen-bond acceptors (Lipinski definition) is 2. The Hall–Kier alpha value is -2.05. The summed E-state index contributed by atoms with van der Waals surface area (Å²) < 4.78 is 38.9. The van der Waals surface area contributed by atoms with Crippen molar-refractivity contribution >= 4 is 23.2 Å². The van der Waals surface area contributed by atoms with Gasteiger partial charge in [0.25, 0.3) is 0 Å². The maximum absolute atomic E-state index is 13.0. The third kappa shape index (κ3) is 5.02. The molecule has 2 aromatic carbocycles. The van der Waals surface area contributed by atoms with Gasteiger partial charge in [-0.2, -0.15) is 13.2 Å². The number of alkyl halides is 3. The molecule has 0 bridgehead atoms. The van der Waals surface area contributed by atoms with Crippen LogP contribution < -0.4 is 10.6 Å². The summed E-state index contributed by atoms with van der Waals surface area (Å²) >= 11 is 6.01. The van der Waals surface area contributed by atoms with Crippen molar-refractivity contribution in [1.82, 2.24) is 5.32 Å². The van der Waals surface area contributed by atoms with E-state index < -0.39 is 23.7 Å². The fourth-order valence-electron chi connectivity index (χ4n) is 3.30. The predicted octanol–water partition coefficient (Wildman–Crippen LogP) is 5.57. The van der Waals surface area contributed by atoms with E-state index in [0.717, 1.165) is 49.4 Å². The summed E-state index contributed by atoms with van der Waals surface area (Å²) in [5.41, 5.74) is -0.155. The van der Waals surface area contributed by atoms with Crippen LogP contribution >= 0.6 is 11.6 Å². The summed E-state index contributed by atoms with van der Waals surface area (Å²) in [5.74, 6) is -0.436. The van der Waals surface area contributed by atoms with Gasteiger partial charge in [0.2, 0.25) is 5.91 Å². The van der Waals surface area contributed by atoms with Crippen molar-refractivity contribution in [3.05, 3.63) is 64.7 Å². The Morgan fingerprint density at radius 1 is 1.07 bits per heavy atom. The van der Waals surface area contributed by atoms with Gasteiger partial charge in [-0.05, 0) is 36.6 Å². The molecule has 0 saturated heterocycles. The lowest BCUT2D eigenvalue weighted by atomic mass is 10.0. The van der Waals surface area contributed by atoms with Crippen LogP contribution in [-0.4, -0.2) is 11.9 Å². The Kier molecular flexibility index (Phi) is 6.07. The molecule has 3 rings (SSSR count). The van der Waals surface area contributed by atoms with Gasteiger partial charge < -0.3 is 5.32 Å². The Morgan fingerprint density at radius 3 is 2.37 bits per heavy atom. The Bertz CT molecular complexity index is 790. The van der Waals surface area contributed by atoms with Crippen LogP contribution in [0.4, 0.5) is 18.9 Å². The molecule has 27 heavy (non-hydrogen) atoms. The number of halogens is 4. The van der Waals surface area contributed by atoms with Crippen LogP contribution in [0.5, 0.6) is 0 Å². The maximum atomic E-state index is 13.0. The quantitative estimate of drug-likeness (QED) is 0.693. The number of nitrogens with one attached hydrogen (secondary N) is 2. The van der Waals surface area contributed by atoms with Crippen molar-refractivity contribution in [2.45, 2.75) is 43.9 Å². The van der Waals surface area contributed by atoms with Crippen molar-refractivity contribution < 1.29 is 18.0 Å². The van der Waals surface area contributed by atoms with Crippen LogP contribution in [0.15, 0.2) is 48.5 Å². The normalized spacial score (nSPS) is 16.3. The Balaban J connectivity index is 1.84. The first kappa shape index (κ1) is 19.7. The second-order valence-corrected chi connectivity index (χ2v) is 7.08. The van der Waals surface area contributed by atoms with E-state index in [1.54, 1.807) is 0 Å². The topological polar surface area (TPSA) is 41.1 Å². The number of anilines is 1. The highest BCUT2D eigenvalue weighted by molar-refractivity contribution is 6.33. The lowest BCUT2D eigenvalue weighted by molar-refractivity contribution is -0.137. The van der Waals surface area contributed by atoms with Gasteiger partial charge in [-0.25, -0.2) is 0 Å². The fourth-order valence-corrected chi connectivity index (χ4v) is 3.46. The molecular weight excluding hydrogens is 377 g/mol. The van der Waals surface area contributed by atoms with E-state index in [0.29, 0.717) is 0 Å². The first-order valence-corrected chi connectivity index (χ1v) is 9.21. The third-order valence-corrected chi connectivity index (χ3v) is 5.03. The van der Waals surface area contributed by atoms with E-state index in [9.17, 15) is 18.0 Å². The molecule has 7 heteroatoms. The average Bonchev–Trinajstić information content (AvgIpc) is 3.14. The summed E-state index contributed by atoms with van der Waals surface area (Å²) in [6.07, 6.45) is -0.368. The van der Waals surface area contributed by atoms with Crippen LogP contribution in [0.1, 0.15) is 42.9 Å². The zero-order valence-electron chi connectivity index (χ0n) is 14.5. The highest BCUT2D eigenvalue weighted by atomic mass is 35.5.